The Hall–Kier alpha value is -0.500. The Balaban J connectivity index is 2.23. The summed E-state index contributed by atoms with van der Waals surface area (Å²) in [6.45, 7) is 3.14. The van der Waals surface area contributed by atoms with Gasteiger partial charge in [0.1, 0.15) is 18.9 Å². The Labute approximate surface area is 91.5 Å². The van der Waals surface area contributed by atoms with Crippen LogP contribution >= 0.6 is 11.6 Å². The van der Waals surface area contributed by atoms with Gasteiger partial charge in [0.2, 0.25) is 6.33 Å². The minimum Gasteiger partial charge on any atom is -0.240 e. The molecule has 80 valence electrons. The van der Waals surface area contributed by atoms with Gasteiger partial charge in [-0.15, -0.1) is 11.6 Å². The van der Waals surface area contributed by atoms with E-state index in [-0.39, 0.29) is 5.38 Å². The van der Waals surface area contributed by atoms with Crippen molar-refractivity contribution in [1.82, 2.24) is 4.57 Å². The summed E-state index contributed by atoms with van der Waals surface area (Å²) in [4.78, 5) is 0. The molecule has 0 aromatic carbocycles. The Kier molecular flexibility index (Phi) is 5.02. The summed E-state index contributed by atoms with van der Waals surface area (Å²) in [6, 6.07) is 0. The molecule has 0 aliphatic carbocycles. The number of imidazole rings is 1. The van der Waals surface area contributed by atoms with E-state index >= 15 is 0 Å². The fraction of sp³-hybridized carbons (Fsp3) is 0.727. The molecule has 0 N–H and O–H groups in total. The molecule has 1 rings (SSSR count). The minimum atomic E-state index is 0.272. The van der Waals surface area contributed by atoms with Crippen LogP contribution in [0.5, 0.6) is 0 Å². The SMILES string of the molecule is CCCCCC(Cl)Cn1cc[n+](C)c1. The Morgan fingerprint density at radius 1 is 1.43 bits per heavy atom. The molecule has 0 aliphatic rings. The van der Waals surface area contributed by atoms with Gasteiger partial charge in [-0.25, -0.2) is 9.13 Å². The number of hydrogen-bond acceptors (Lipinski definition) is 0. The van der Waals surface area contributed by atoms with Gasteiger partial charge in [-0.1, -0.05) is 26.2 Å². The first-order chi connectivity index (χ1) is 6.72. The topological polar surface area (TPSA) is 8.81 Å². The number of unbranched alkanes of at least 4 members (excludes halogenated alkanes) is 2. The fourth-order valence-corrected chi connectivity index (χ4v) is 1.86. The van der Waals surface area contributed by atoms with Crippen molar-refractivity contribution in [3.63, 3.8) is 0 Å². The van der Waals surface area contributed by atoms with E-state index in [2.05, 4.69) is 24.0 Å². The lowest BCUT2D eigenvalue weighted by molar-refractivity contribution is -0.671. The maximum Gasteiger partial charge on any atom is 0.243 e. The van der Waals surface area contributed by atoms with E-state index in [4.69, 9.17) is 11.6 Å². The highest BCUT2D eigenvalue weighted by Gasteiger charge is 2.08. The zero-order chi connectivity index (χ0) is 10.4. The summed E-state index contributed by atoms with van der Waals surface area (Å²) < 4.78 is 4.18. The number of alkyl halides is 1. The molecule has 1 atom stereocenters. The highest BCUT2D eigenvalue weighted by molar-refractivity contribution is 6.20. The largest absolute Gasteiger partial charge is 0.243 e. The molecule has 1 aromatic heterocycles. The van der Waals surface area contributed by atoms with Gasteiger partial charge in [-0.3, -0.25) is 0 Å². The lowest BCUT2D eigenvalue weighted by Crippen LogP contribution is -2.24. The average molecular weight is 216 g/mol. The average Bonchev–Trinajstić information content (AvgIpc) is 2.52. The third-order valence-electron chi connectivity index (χ3n) is 2.35. The van der Waals surface area contributed by atoms with E-state index < -0.39 is 0 Å². The zero-order valence-electron chi connectivity index (χ0n) is 9.12. The van der Waals surface area contributed by atoms with Crippen molar-refractivity contribution in [3.8, 4) is 0 Å². The molecule has 14 heavy (non-hydrogen) atoms. The van der Waals surface area contributed by atoms with E-state index in [1.54, 1.807) is 0 Å². The summed E-state index contributed by atoms with van der Waals surface area (Å²) in [5.41, 5.74) is 0. The molecule has 0 aliphatic heterocycles. The fourth-order valence-electron chi connectivity index (χ4n) is 1.55. The van der Waals surface area contributed by atoms with E-state index in [1.807, 2.05) is 17.8 Å². The van der Waals surface area contributed by atoms with Crippen LogP contribution in [0.2, 0.25) is 0 Å². The van der Waals surface area contributed by atoms with Crippen LogP contribution in [0.3, 0.4) is 0 Å². The predicted octanol–water partition coefficient (Wildman–Crippen LogP) is 2.50. The Morgan fingerprint density at radius 2 is 2.21 bits per heavy atom. The number of rotatable bonds is 6. The number of halogens is 1. The van der Waals surface area contributed by atoms with Crippen LogP contribution in [0.4, 0.5) is 0 Å². The molecule has 1 aromatic rings. The zero-order valence-corrected chi connectivity index (χ0v) is 9.87. The van der Waals surface area contributed by atoms with Crippen LogP contribution in [0, 0.1) is 0 Å². The first kappa shape index (κ1) is 11.6. The number of nitrogens with zero attached hydrogens (tertiary/aromatic N) is 2. The number of hydrogen-bond donors (Lipinski definition) is 0. The van der Waals surface area contributed by atoms with Crippen LogP contribution in [0.15, 0.2) is 18.7 Å². The molecule has 0 spiro atoms. The first-order valence-electron chi connectivity index (χ1n) is 5.37. The number of aromatic nitrogens is 2. The van der Waals surface area contributed by atoms with Crippen molar-refractivity contribution in [2.24, 2.45) is 7.05 Å². The van der Waals surface area contributed by atoms with Gasteiger partial charge in [0.05, 0.1) is 12.4 Å². The molecular weight excluding hydrogens is 196 g/mol. The van der Waals surface area contributed by atoms with Crippen molar-refractivity contribution in [2.45, 2.75) is 44.5 Å². The van der Waals surface area contributed by atoms with E-state index in [0.717, 1.165) is 13.0 Å². The second kappa shape index (κ2) is 6.07. The molecule has 0 saturated carbocycles. The summed E-state index contributed by atoms with van der Waals surface area (Å²) in [6.07, 6.45) is 11.1. The van der Waals surface area contributed by atoms with Gasteiger partial charge >= 0.3 is 0 Å². The minimum absolute atomic E-state index is 0.272. The first-order valence-corrected chi connectivity index (χ1v) is 5.81. The van der Waals surface area contributed by atoms with Crippen molar-refractivity contribution in [1.29, 1.82) is 0 Å². The summed E-state index contributed by atoms with van der Waals surface area (Å²) in [5, 5.41) is 0.272. The summed E-state index contributed by atoms with van der Waals surface area (Å²) >= 11 is 6.23. The van der Waals surface area contributed by atoms with Gasteiger partial charge in [-0.05, 0) is 6.42 Å². The molecule has 3 heteroatoms. The normalized spacial score (nSPS) is 13.1. The molecule has 1 heterocycles. The van der Waals surface area contributed by atoms with Crippen LogP contribution in [0.1, 0.15) is 32.6 Å². The van der Waals surface area contributed by atoms with Gasteiger partial charge in [0, 0.05) is 0 Å². The maximum absolute atomic E-state index is 6.23. The summed E-state index contributed by atoms with van der Waals surface area (Å²) in [7, 11) is 2.02. The van der Waals surface area contributed by atoms with Crippen molar-refractivity contribution >= 4 is 11.6 Å². The van der Waals surface area contributed by atoms with Crippen molar-refractivity contribution in [2.75, 3.05) is 0 Å². The summed E-state index contributed by atoms with van der Waals surface area (Å²) in [5.74, 6) is 0. The lowest BCUT2D eigenvalue weighted by Gasteiger charge is -2.05. The second-order valence-corrected chi connectivity index (χ2v) is 4.49. The molecule has 0 bridgehead atoms. The lowest BCUT2D eigenvalue weighted by atomic mass is 10.1. The highest BCUT2D eigenvalue weighted by Crippen LogP contribution is 2.10. The number of aryl methyl sites for hydroxylation is 1. The van der Waals surface area contributed by atoms with Crippen LogP contribution < -0.4 is 4.57 Å². The van der Waals surface area contributed by atoms with Gasteiger partial charge < -0.3 is 0 Å². The predicted molar refractivity (Wildman–Crippen MR) is 59.4 cm³/mol. The Morgan fingerprint density at radius 3 is 2.79 bits per heavy atom. The molecular formula is C11H20ClN2+. The van der Waals surface area contributed by atoms with Gasteiger partial charge in [-0.2, -0.15) is 0 Å². The monoisotopic (exact) mass is 215 g/mol. The van der Waals surface area contributed by atoms with Crippen LogP contribution in [-0.2, 0) is 13.6 Å². The third kappa shape index (κ3) is 4.14. The highest BCUT2D eigenvalue weighted by atomic mass is 35.5. The second-order valence-electron chi connectivity index (χ2n) is 3.87. The quantitative estimate of drug-likeness (QED) is 0.392. The maximum atomic E-state index is 6.23. The third-order valence-corrected chi connectivity index (χ3v) is 2.71. The molecule has 2 nitrogen and oxygen atoms in total. The van der Waals surface area contributed by atoms with Gasteiger partial charge in [0.15, 0.2) is 0 Å². The standard InChI is InChI=1S/C11H20ClN2/c1-3-4-5-6-11(12)9-14-8-7-13(2)10-14/h7-8,10-11H,3-6,9H2,1-2H3/q+1. The van der Waals surface area contributed by atoms with Crippen LogP contribution in [-0.4, -0.2) is 9.94 Å². The molecule has 0 radical (unpaired) electrons. The van der Waals surface area contributed by atoms with Crippen LogP contribution in [0.25, 0.3) is 0 Å². The van der Waals surface area contributed by atoms with Crippen molar-refractivity contribution in [3.05, 3.63) is 18.7 Å². The molecule has 1 unspecified atom stereocenters. The van der Waals surface area contributed by atoms with Crippen molar-refractivity contribution < 1.29 is 4.57 Å². The van der Waals surface area contributed by atoms with E-state index in [1.165, 1.54) is 19.3 Å². The molecule has 0 amide bonds. The van der Waals surface area contributed by atoms with E-state index in [0.29, 0.717) is 0 Å². The Bertz CT molecular complexity index is 258. The molecule has 0 saturated heterocycles. The molecule has 0 fully saturated rings. The van der Waals surface area contributed by atoms with E-state index in [9.17, 15) is 0 Å². The van der Waals surface area contributed by atoms with Gasteiger partial charge in [0.25, 0.3) is 0 Å². The smallest absolute Gasteiger partial charge is 0.240 e.